The van der Waals surface area contributed by atoms with Crippen molar-refractivity contribution in [2.24, 2.45) is 0 Å². The first-order valence-electron chi connectivity index (χ1n) is 9.42. The van der Waals surface area contributed by atoms with E-state index in [2.05, 4.69) is 10.4 Å². The number of amides is 1. The Kier molecular flexibility index (Phi) is 6.15. The van der Waals surface area contributed by atoms with E-state index in [0.29, 0.717) is 18.8 Å². The topological polar surface area (TPSA) is 68.6 Å². The minimum atomic E-state index is -0.594. The van der Waals surface area contributed by atoms with Gasteiger partial charge in [-0.1, -0.05) is 0 Å². The van der Waals surface area contributed by atoms with Gasteiger partial charge in [0.25, 0.3) is 5.91 Å². The van der Waals surface area contributed by atoms with Gasteiger partial charge in [0.1, 0.15) is 5.54 Å². The van der Waals surface area contributed by atoms with Gasteiger partial charge in [0.2, 0.25) is 0 Å². The van der Waals surface area contributed by atoms with Crippen LogP contribution in [0.15, 0.2) is 30.6 Å². The summed E-state index contributed by atoms with van der Waals surface area (Å²) < 4.78 is 12.7. The highest BCUT2D eigenvalue weighted by Gasteiger charge is 2.45. The number of piperidine rings is 1. The van der Waals surface area contributed by atoms with Crippen molar-refractivity contribution in [3.8, 4) is 11.5 Å². The van der Waals surface area contributed by atoms with E-state index in [0.717, 1.165) is 43.7 Å². The smallest absolute Gasteiger partial charge is 0.250 e. The monoisotopic (exact) mass is 406 g/mol. The second kappa shape index (κ2) is 8.41. The van der Waals surface area contributed by atoms with Crippen molar-refractivity contribution >= 4 is 18.3 Å². The Bertz CT molecular complexity index is 819. The molecule has 7 nitrogen and oxygen atoms in total. The Labute approximate surface area is 171 Å². The normalized spacial score (nSPS) is 18.0. The fourth-order valence-electron chi connectivity index (χ4n) is 4.25. The Balaban J connectivity index is 0.00000225. The van der Waals surface area contributed by atoms with E-state index in [1.807, 2.05) is 34.0 Å². The van der Waals surface area contributed by atoms with E-state index in [4.69, 9.17) is 9.47 Å². The van der Waals surface area contributed by atoms with Crippen molar-refractivity contribution in [2.45, 2.75) is 31.3 Å². The van der Waals surface area contributed by atoms with Crippen molar-refractivity contribution in [1.29, 1.82) is 0 Å². The first kappa shape index (κ1) is 20.5. The van der Waals surface area contributed by atoms with E-state index in [1.165, 1.54) is 5.56 Å². The number of rotatable bonds is 4. The van der Waals surface area contributed by atoms with Gasteiger partial charge >= 0.3 is 0 Å². The zero-order valence-corrected chi connectivity index (χ0v) is 17.1. The number of carbonyl (C=O) groups is 1. The third-order valence-electron chi connectivity index (χ3n) is 5.78. The summed E-state index contributed by atoms with van der Waals surface area (Å²) in [6.07, 6.45) is 5.98. The molecular weight excluding hydrogens is 380 g/mol. The molecule has 152 valence electrons. The zero-order valence-electron chi connectivity index (χ0n) is 16.3. The van der Waals surface area contributed by atoms with Crippen molar-refractivity contribution in [3.05, 3.63) is 41.7 Å². The van der Waals surface area contributed by atoms with Crippen LogP contribution in [-0.2, 0) is 23.3 Å². The van der Waals surface area contributed by atoms with Gasteiger partial charge in [-0.05, 0) is 61.7 Å². The van der Waals surface area contributed by atoms with E-state index in [9.17, 15) is 4.79 Å². The van der Waals surface area contributed by atoms with Gasteiger partial charge in [0.15, 0.2) is 11.5 Å². The minimum absolute atomic E-state index is 0. The average Bonchev–Trinajstić information content (AvgIpc) is 3.27. The summed E-state index contributed by atoms with van der Waals surface area (Å²) in [7, 11) is 3.28. The highest BCUT2D eigenvalue weighted by atomic mass is 35.5. The second-order valence-electron chi connectivity index (χ2n) is 7.18. The predicted octanol–water partition coefficient (Wildman–Crippen LogP) is 1.99. The average molecular weight is 407 g/mol. The van der Waals surface area contributed by atoms with Gasteiger partial charge in [0.05, 0.1) is 14.2 Å². The summed E-state index contributed by atoms with van der Waals surface area (Å²) >= 11 is 0. The maximum atomic E-state index is 13.6. The van der Waals surface area contributed by atoms with Crippen molar-refractivity contribution in [3.63, 3.8) is 0 Å². The lowest BCUT2D eigenvalue weighted by atomic mass is 9.85. The number of hydrogen-bond acceptors (Lipinski definition) is 5. The minimum Gasteiger partial charge on any atom is -0.493 e. The maximum Gasteiger partial charge on any atom is 0.250 e. The van der Waals surface area contributed by atoms with Gasteiger partial charge < -0.3 is 19.7 Å². The first-order valence-corrected chi connectivity index (χ1v) is 9.42. The van der Waals surface area contributed by atoms with Gasteiger partial charge in [0, 0.05) is 25.5 Å². The van der Waals surface area contributed by atoms with E-state index in [-0.39, 0.29) is 18.3 Å². The van der Waals surface area contributed by atoms with Gasteiger partial charge in [-0.2, -0.15) is 5.10 Å². The van der Waals surface area contributed by atoms with Crippen molar-refractivity contribution in [2.75, 3.05) is 33.9 Å². The van der Waals surface area contributed by atoms with Gasteiger partial charge in [-0.3, -0.25) is 9.48 Å². The van der Waals surface area contributed by atoms with Crippen LogP contribution in [0.25, 0.3) is 0 Å². The number of fused-ring (bicyclic) bond motifs is 1. The second-order valence-corrected chi connectivity index (χ2v) is 7.18. The number of ether oxygens (including phenoxy) is 2. The molecule has 0 atom stereocenters. The molecule has 0 spiro atoms. The highest BCUT2D eigenvalue weighted by molar-refractivity contribution is 5.85. The summed E-state index contributed by atoms with van der Waals surface area (Å²) in [5.74, 6) is 1.60. The summed E-state index contributed by atoms with van der Waals surface area (Å²) in [5.41, 5.74) is 1.75. The Hall–Kier alpha value is -2.25. The molecule has 0 unspecified atom stereocenters. The summed E-state index contributed by atoms with van der Waals surface area (Å²) in [5, 5.41) is 7.79. The third kappa shape index (κ3) is 3.44. The van der Waals surface area contributed by atoms with Crippen LogP contribution in [0.4, 0.5) is 0 Å². The number of benzene rings is 1. The molecule has 28 heavy (non-hydrogen) atoms. The largest absolute Gasteiger partial charge is 0.493 e. The zero-order chi connectivity index (χ0) is 18.9. The number of nitrogens with zero attached hydrogens (tertiary/aromatic N) is 3. The summed E-state index contributed by atoms with van der Waals surface area (Å²) in [4.78, 5) is 15.6. The van der Waals surface area contributed by atoms with Crippen molar-refractivity contribution in [1.82, 2.24) is 20.0 Å². The molecule has 1 N–H and O–H groups in total. The van der Waals surface area contributed by atoms with E-state index < -0.39 is 5.54 Å². The Morgan fingerprint density at radius 3 is 2.43 bits per heavy atom. The number of methoxy groups -OCH3 is 2. The van der Waals surface area contributed by atoms with Crippen LogP contribution in [0.3, 0.4) is 0 Å². The van der Waals surface area contributed by atoms with Crippen LogP contribution >= 0.6 is 12.4 Å². The van der Waals surface area contributed by atoms with Crippen LogP contribution in [-0.4, -0.2) is 54.4 Å². The molecule has 1 fully saturated rings. The molecule has 2 aromatic rings. The fraction of sp³-hybridized carbons (Fsp3) is 0.500. The van der Waals surface area contributed by atoms with Crippen LogP contribution in [0.1, 0.15) is 24.0 Å². The van der Waals surface area contributed by atoms with E-state index in [1.54, 1.807) is 20.4 Å². The number of halogens is 1. The summed E-state index contributed by atoms with van der Waals surface area (Å²) in [6, 6.07) is 5.92. The molecular formula is C20H27ClN4O3. The van der Waals surface area contributed by atoms with Crippen LogP contribution in [0.5, 0.6) is 11.5 Å². The number of nitrogens with one attached hydrogen (secondary N) is 1. The first-order chi connectivity index (χ1) is 13.2. The van der Waals surface area contributed by atoms with Crippen molar-refractivity contribution < 1.29 is 14.3 Å². The molecule has 2 aliphatic heterocycles. The summed E-state index contributed by atoms with van der Waals surface area (Å²) in [6.45, 7) is 2.94. The van der Waals surface area contributed by atoms with Crippen LogP contribution in [0.2, 0.25) is 0 Å². The van der Waals surface area contributed by atoms with Gasteiger partial charge in [-0.15, -0.1) is 12.4 Å². The molecule has 1 amide bonds. The molecule has 3 heterocycles. The number of carbonyl (C=O) groups excluding carboxylic acids is 1. The lowest BCUT2D eigenvalue weighted by molar-refractivity contribution is -0.144. The standard InChI is InChI=1S/C20H26N4O3.ClH/c1-26-17-12-15-4-11-23(14-16(15)13-18(17)27-2)19(25)20(5-8-21-9-6-20)24-10-3-7-22-24;/h3,7,10,12-13,21H,4-6,8-9,11,14H2,1-2H3;1H. The predicted molar refractivity (Wildman–Crippen MR) is 108 cm³/mol. The molecule has 4 rings (SSSR count). The number of hydrogen-bond donors (Lipinski definition) is 1. The Morgan fingerprint density at radius 1 is 1.14 bits per heavy atom. The molecule has 0 bridgehead atoms. The van der Waals surface area contributed by atoms with Gasteiger partial charge in [-0.25, -0.2) is 0 Å². The third-order valence-corrected chi connectivity index (χ3v) is 5.78. The molecule has 0 saturated carbocycles. The van der Waals surface area contributed by atoms with Crippen LogP contribution < -0.4 is 14.8 Å². The molecule has 1 saturated heterocycles. The molecule has 1 aromatic heterocycles. The highest BCUT2D eigenvalue weighted by Crippen LogP contribution is 2.35. The maximum absolute atomic E-state index is 13.6. The number of aromatic nitrogens is 2. The Morgan fingerprint density at radius 2 is 1.82 bits per heavy atom. The SMILES string of the molecule is COc1cc2c(cc1OC)CN(C(=O)C1(n3cccn3)CCNCC1)CC2.Cl. The molecule has 2 aliphatic rings. The lowest BCUT2D eigenvalue weighted by Gasteiger charge is -2.41. The van der Waals surface area contributed by atoms with E-state index >= 15 is 0 Å². The quantitative estimate of drug-likeness (QED) is 0.840. The fourth-order valence-corrected chi connectivity index (χ4v) is 4.25. The molecule has 0 radical (unpaired) electrons. The molecule has 0 aliphatic carbocycles. The molecule has 8 heteroatoms. The lowest BCUT2D eigenvalue weighted by Crippen LogP contribution is -2.56. The molecule has 1 aromatic carbocycles. The van der Waals surface area contributed by atoms with Crippen LogP contribution in [0, 0.1) is 0 Å².